The van der Waals surface area contributed by atoms with Crippen LogP contribution < -0.4 is 0 Å². The summed E-state index contributed by atoms with van der Waals surface area (Å²) >= 11 is 0. The molecule has 0 saturated carbocycles. The highest BCUT2D eigenvalue weighted by molar-refractivity contribution is 6.00. The maximum Gasteiger partial charge on any atom is 0.324 e. The first-order chi connectivity index (χ1) is 8.32. The first kappa shape index (κ1) is 17.7. The lowest BCUT2D eigenvalue weighted by Crippen LogP contribution is -2.44. The van der Waals surface area contributed by atoms with E-state index in [1.54, 1.807) is 41.5 Å². The third-order valence-corrected chi connectivity index (χ3v) is 2.25. The van der Waals surface area contributed by atoms with Gasteiger partial charge in [0.1, 0.15) is 11.2 Å². The molecule has 110 valence electrons. The predicted molar refractivity (Wildman–Crippen MR) is 74.6 cm³/mol. The molecule has 0 spiro atoms. The van der Waals surface area contributed by atoms with E-state index in [1.807, 2.05) is 0 Å². The van der Waals surface area contributed by atoms with Crippen LogP contribution in [0.2, 0.25) is 0 Å². The van der Waals surface area contributed by atoms with Crippen molar-refractivity contribution in [3.05, 3.63) is 12.7 Å². The summed E-state index contributed by atoms with van der Waals surface area (Å²) in [6.07, 6.45) is 1.70. The van der Waals surface area contributed by atoms with E-state index in [2.05, 4.69) is 6.58 Å². The molecule has 0 amide bonds. The largest absolute Gasteiger partial charge is 0.459 e. The maximum atomic E-state index is 12.2. The van der Waals surface area contributed by atoms with Crippen molar-refractivity contribution in [2.75, 3.05) is 0 Å². The molecule has 0 saturated heterocycles. The summed E-state index contributed by atoms with van der Waals surface area (Å²) in [5, 5.41) is 0. The van der Waals surface area contributed by atoms with E-state index in [1.165, 1.54) is 13.0 Å². The Balaban J connectivity index is 5.19. The molecule has 0 bridgehead atoms. The number of hydrogen-bond acceptors (Lipinski definition) is 4. The second-order valence-electron chi connectivity index (χ2n) is 6.83. The second kappa shape index (κ2) is 5.76. The van der Waals surface area contributed by atoms with Crippen molar-refractivity contribution in [1.29, 1.82) is 0 Å². The van der Waals surface area contributed by atoms with Crippen LogP contribution in [0.15, 0.2) is 12.7 Å². The number of carbonyl (C=O) groups is 2. The van der Waals surface area contributed by atoms with E-state index in [4.69, 9.17) is 9.47 Å². The molecular weight excluding hydrogens is 244 g/mol. The van der Waals surface area contributed by atoms with Gasteiger partial charge in [-0.05, 0) is 54.9 Å². The average molecular weight is 270 g/mol. The minimum Gasteiger partial charge on any atom is -0.459 e. The standard InChI is InChI=1S/C15H26O4/c1-9-10-15(8,11(16)18-13(2,3)4)12(17)19-14(5,6)7/h9H,1,10H2,2-8H3. The number of esters is 2. The van der Waals surface area contributed by atoms with E-state index in [0.29, 0.717) is 0 Å². The number of hydrogen-bond donors (Lipinski definition) is 0. The van der Waals surface area contributed by atoms with Gasteiger partial charge >= 0.3 is 11.9 Å². The summed E-state index contributed by atoms with van der Waals surface area (Å²) in [5.41, 5.74) is -2.66. The van der Waals surface area contributed by atoms with Gasteiger partial charge in [0.15, 0.2) is 5.41 Å². The third-order valence-electron chi connectivity index (χ3n) is 2.25. The SMILES string of the molecule is C=CCC(C)(C(=O)OC(C)(C)C)C(=O)OC(C)(C)C. The Hall–Kier alpha value is -1.32. The minimum absolute atomic E-state index is 0.177. The van der Waals surface area contributed by atoms with Crippen molar-refractivity contribution in [3.8, 4) is 0 Å². The fourth-order valence-electron chi connectivity index (χ4n) is 1.32. The molecule has 0 aliphatic carbocycles. The van der Waals surface area contributed by atoms with Crippen molar-refractivity contribution >= 4 is 11.9 Å². The zero-order valence-electron chi connectivity index (χ0n) is 13.1. The highest BCUT2D eigenvalue weighted by Crippen LogP contribution is 2.30. The van der Waals surface area contributed by atoms with E-state index < -0.39 is 28.6 Å². The van der Waals surface area contributed by atoms with Gasteiger partial charge in [-0.25, -0.2) is 0 Å². The van der Waals surface area contributed by atoms with Crippen LogP contribution in [0.3, 0.4) is 0 Å². The van der Waals surface area contributed by atoms with Crippen LogP contribution in [0.5, 0.6) is 0 Å². The van der Waals surface area contributed by atoms with Crippen LogP contribution in [0, 0.1) is 5.41 Å². The average Bonchev–Trinajstić information content (AvgIpc) is 2.12. The molecule has 4 nitrogen and oxygen atoms in total. The molecule has 0 atom stereocenters. The normalized spacial score (nSPS) is 12.8. The topological polar surface area (TPSA) is 52.6 Å². The summed E-state index contributed by atoms with van der Waals surface area (Å²) in [4.78, 5) is 24.5. The molecule has 0 aliphatic heterocycles. The van der Waals surface area contributed by atoms with Crippen LogP contribution in [-0.2, 0) is 19.1 Å². The third kappa shape index (κ3) is 5.90. The Labute approximate surface area is 116 Å². The van der Waals surface area contributed by atoms with Crippen molar-refractivity contribution in [1.82, 2.24) is 0 Å². The number of allylic oxidation sites excluding steroid dienone is 1. The molecule has 0 aliphatic rings. The van der Waals surface area contributed by atoms with Gasteiger partial charge in [-0.15, -0.1) is 6.58 Å². The van der Waals surface area contributed by atoms with Gasteiger partial charge in [-0.2, -0.15) is 0 Å². The highest BCUT2D eigenvalue weighted by atomic mass is 16.6. The Kier molecular flexibility index (Phi) is 5.36. The zero-order chi connectivity index (χ0) is 15.5. The summed E-state index contributed by atoms with van der Waals surface area (Å²) < 4.78 is 10.6. The van der Waals surface area contributed by atoms with Gasteiger partial charge in [0.2, 0.25) is 0 Å². The fraction of sp³-hybridized carbons (Fsp3) is 0.733. The van der Waals surface area contributed by atoms with Crippen LogP contribution >= 0.6 is 0 Å². The van der Waals surface area contributed by atoms with Crippen LogP contribution in [0.4, 0.5) is 0 Å². The Morgan fingerprint density at radius 3 is 1.42 bits per heavy atom. The molecule has 0 aromatic rings. The Morgan fingerprint density at radius 1 is 0.895 bits per heavy atom. The summed E-state index contributed by atoms with van der Waals surface area (Å²) in [6.45, 7) is 15.7. The minimum atomic E-state index is -1.36. The lowest BCUT2D eigenvalue weighted by molar-refractivity contribution is -0.183. The Bertz CT molecular complexity index is 327. The summed E-state index contributed by atoms with van der Waals surface area (Å²) in [6, 6.07) is 0. The van der Waals surface area contributed by atoms with Gasteiger partial charge in [-0.1, -0.05) is 6.08 Å². The van der Waals surface area contributed by atoms with Crippen molar-refractivity contribution < 1.29 is 19.1 Å². The molecule has 0 rings (SSSR count). The molecule has 0 fully saturated rings. The molecular formula is C15H26O4. The summed E-state index contributed by atoms with van der Waals surface area (Å²) in [5.74, 6) is -1.18. The fourth-order valence-corrected chi connectivity index (χ4v) is 1.32. The quantitative estimate of drug-likeness (QED) is 0.447. The molecule has 0 aromatic heterocycles. The predicted octanol–water partition coefficient (Wildman–Crippen LogP) is 3.25. The van der Waals surface area contributed by atoms with E-state index in [9.17, 15) is 9.59 Å². The molecule has 0 unspecified atom stereocenters. The van der Waals surface area contributed by atoms with Crippen molar-refractivity contribution in [3.63, 3.8) is 0 Å². The molecule has 0 N–H and O–H groups in total. The number of carbonyl (C=O) groups excluding carboxylic acids is 2. The van der Waals surface area contributed by atoms with Gasteiger partial charge < -0.3 is 9.47 Å². The van der Waals surface area contributed by atoms with Gasteiger partial charge in [0.25, 0.3) is 0 Å². The van der Waals surface area contributed by atoms with Gasteiger partial charge in [-0.3, -0.25) is 9.59 Å². The van der Waals surface area contributed by atoms with Crippen LogP contribution in [-0.4, -0.2) is 23.1 Å². The van der Waals surface area contributed by atoms with Crippen molar-refractivity contribution in [2.24, 2.45) is 5.41 Å². The van der Waals surface area contributed by atoms with Gasteiger partial charge in [0.05, 0.1) is 0 Å². The first-order valence-electron chi connectivity index (χ1n) is 6.39. The maximum absolute atomic E-state index is 12.2. The van der Waals surface area contributed by atoms with Crippen LogP contribution in [0.25, 0.3) is 0 Å². The molecule has 0 radical (unpaired) electrons. The lowest BCUT2D eigenvalue weighted by atomic mass is 9.86. The van der Waals surface area contributed by atoms with Crippen molar-refractivity contribution in [2.45, 2.75) is 66.1 Å². The smallest absolute Gasteiger partial charge is 0.324 e. The lowest BCUT2D eigenvalue weighted by Gasteiger charge is -2.31. The summed E-state index contributed by atoms with van der Waals surface area (Å²) in [7, 11) is 0. The highest BCUT2D eigenvalue weighted by Gasteiger charge is 2.46. The van der Waals surface area contributed by atoms with E-state index in [0.717, 1.165) is 0 Å². The monoisotopic (exact) mass is 270 g/mol. The molecule has 19 heavy (non-hydrogen) atoms. The van der Waals surface area contributed by atoms with Gasteiger partial charge in [0, 0.05) is 0 Å². The molecule has 4 heteroatoms. The number of ether oxygens (including phenoxy) is 2. The first-order valence-corrected chi connectivity index (χ1v) is 6.39. The zero-order valence-corrected chi connectivity index (χ0v) is 13.1. The van der Waals surface area contributed by atoms with E-state index >= 15 is 0 Å². The van der Waals surface area contributed by atoms with Crippen LogP contribution in [0.1, 0.15) is 54.9 Å². The Morgan fingerprint density at radius 2 is 1.21 bits per heavy atom. The molecule has 0 aromatic carbocycles. The number of rotatable bonds is 4. The second-order valence-corrected chi connectivity index (χ2v) is 6.83. The van der Waals surface area contributed by atoms with E-state index in [-0.39, 0.29) is 6.42 Å². The molecule has 0 heterocycles.